The molecule has 0 saturated heterocycles. The lowest BCUT2D eigenvalue weighted by molar-refractivity contribution is -0.137. The van der Waals surface area contributed by atoms with Crippen molar-refractivity contribution in [2.24, 2.45) is 0 Å². The summed E-state index contributed by atoms with van der Waals surface area (Å²) in [5, 5.41) is -0.577. The molecule has 0 bridgehead atoms. The molecule has 0 amide bonds. The molecule has 7 heteroatoms. The van der Waals surface area contributed by atoms with Crippen molar-refractivity contribution >= 4 is 16.8 Å². The number of nitrogens with zero attached hydrogens (tertiary/aromatic N) is 1. The third kappa shape index (κ3) is 4.06. The van der Waals surface area contributed by atoms with E-state index in [-0.39, 0.29) is 18.9 Å². The molecule has 0 atom stereocenters. The maximum Gasteiger partial charge on any atom is 0.417 e. The largest absolute Gasteiger partial charge is 0.477 e. The Kier molecular flexibility index (Phi) is 4.12. The van der Waals surface area contributed by atoms with E-state index in [1.165, 1.54) is 0 Å². The standard InChI is InChI=1S/C9H7ClF3NO2/c10-7(15)3-4-16-8-2-1-6(5-14-8)9(11,12)13/h1-2,5H,3-4H2. The molecule has 0 aliphatic carbocycles. The van der Waals surface area contributed by atoms with Gasteiger partial charge >= 0.3 is 6.18 Å². The first-order valence-electron chi connectivity index (χ1n) is 4.24. The summed E-state index contributed by atoms with van der Waals surface area (Å²) in [6, 6.07) is 1.94. The highest BCUT2D eigenvalue weighted by Crippen LogP contribution is 2.29. The van der Waals surface area contributed by atoms with Crippen LogP contribution >= 0.6 is 11.6 Å². The van der Waals surface area contributed by atoms with E-state index in [2.05, 4.69) is 4.98 Å². The Hall–Kier alpha value is -1.30. The van der Waals surface area contributed by atoms with Crippen molar-refractivity contribution in [3.8, 4) is 5.88 Å². The molecular formula is C9H7ClF3NO2. The molecule has 3 nitrogen and oxygen atoms in total. The summed E-state index contributed by atoms with van der Waals surface area (Å²) in [7, 11) is 0. The average Bonchev–Trinajstić information content (AvgIpc) is 2.16. The van der Waals surface area contributed by atoms with E-state index in [0.717, 1.165) is 12.1 Å². The van der Waals surface area contributed by atoms with Crippen molar-refractivity contribution in [2.75, 3.05) is 6.61 Å². The van der Waals surface area contributed by atoms with Gasteiger partial charge in [0.1, 0.15) is 0 Å². The molecule has 0 N–H and O–H groups in total. The Morgan fingerprint density at radius 1 is 1.44 bits per heavy atom. The number of hydrogen-bond donors (Lipinski definition) is 0. The van der Waals surface area contributed by atoms with E-state index in [4.69, 9.17) is 16.3 Å². The third-order valence-electron chi connectivity index (χ3n) is 1.61. The van der Waals surface area contributed by atoms with Crippen LogP contribution < -0.4 is 4.74 Å². The smallest absolute Gasteiger partial charge is 0.417 e. The molecule has 0 unspecified atom stereocenters. The van der Waals surface area contributed by atoms with Crippen LogP contribution in [0.15, 0.2) is 18.3 Å². The molecule has 0 aromatic carbocycles. The minimum absolute atomic E-state index is 0.0132. The van der Waals surface area contributed by atoms with Crippen molar-refractivity contribution in [3.63, 3.8) is 0 Å². The molecule has 88 valence electrons. The number of rotatable bonds is 4. The zero-order valence-corrected chi connectivity index (χ0v) is 8.68. The van der Waals surface area contributed by atoms with Crippen LogP contribution in [0.5, 0.6) is 5.88 Å². The van der Waals surface area contributed by atoms with E-state index in [0.29, 0.717) is 6.20 Å². The normalized spacial score (nSPS) is 11.2. The highest BCUT2D eigenvalue weighted by Gasteiger charge is 2.30. The van der Waals surface area contributed by atoms with Crippen LogP contribution in [-0.4, -0.2) is 16.8 Å². The van der Waals surface area contributed by atoms with E-state index in [1.807, 2.05) is 0 Å². The van der Waals surface area contributed by atoms with Crippen LogP contribution in [0.2, 0.25) is 0 Å². The number of carbonyl (C=O) groups excluding carboxylic acids is 1. The first-order valence-corrected chi connectivity index (χ1v) is 4.62. The second-order valence-electron chi connectivity index (χ2n) is 2.84. The molecule has 0 aliphatic rings. The summed E-state index contributed by atoms with van der Waals surface area (Å²) in [6.07, 6.45) is -3.78. The summed E-state index contributed by atoms with van der Waals surface area (Å²) >= 11 is 5.04. The van der Waals surface area contributed by atoms with Crippen LogP contribution in [0.1, 0.15) is 12.0 Å². The Balaban J connectivity index is 2.55. The van der Waals surface area contributed by atoms with Gasteiger partial charge in [-0.15, -0.1) is 0 Å². The maximum absolute atomic E-state index is 12.1. The van der Waals surface area contributed by atoms with Gasteiger partial charge in [0, 0.05) is 12.3 Å². The van der Waals surface area contributed by atoms with Gasteiger partial charge in [0.2, 0.25) is 11.1 Å². The topological polar surface area (TPSA) is 39.2 Å². The number of alkyl halides is 3. The van der Waals surface area contributed by atoms with E-state index in [9.17, 15) is 18.0 Å². The van der Waals surface area contributed by atoms with Crippen LogP contribution in [-0.2, 0) is 11.0 Å². The summed E-state index contributed by atoms with van der Waals surface area (Å²) in [5.41, 5.74) is -0.853. The zero-order chi connectivity index (χ0) is 12.2. The van der Waals surface area contributed by atoms with Gasteiger partial charge in [-0.05, 0) is 17.7 Å². The maximum atomic E-state index is 12.1. The Labute approximate surface area is 94.2 Å². The molecule has 0 aliphatic heterocycles. The van der Waals surface area contributed by atoms with E-state index in [1.54, 1.807) is 0 Å². The lowest BCUT2D eigenvalue weighted by Gasteiger charge is -2.07. The van der Waals surface area contributed by atoms with Gasteiger partial charge in [-0.3, -0.25) is 4.79 Å². The van der Waals surface area contributed by atoms with E-state index >= 15 is 0 Å². The van der Waals surface area contributed by atoms with Gasteiger partial charge in [0.25, 0.3) is 0 Å². The van der Waals surface area contributed by atoms with Crippen LogP contribution in [0, 0.1) is 0 Å². The highest BCUT2D eigenvalue weighted by atomic mass is 35.5. The fourth-order valence-electron chi connectivity index (χ4n) is 0.869. The molecule has 0 spiro atoms. The number of carbonyl (C=O) groups is 1. The predicted octanol–water partition coefficient (Wildman–Crippen LogP) is 2.63. The monoisotopic (exact) mass is 253 g/mol. The summed E-state index contributed by atoms with van der Waals surface area (Å²) in [5.74, 6) is 0.0194. The quantitative estimate of drug-likeness (QED) is 0.775. The van der Waals surface area contributed by atoms with Gasteiger partial charge in [0.15, 0.2) is 0 Å². The number of pyridine rings is 1. The molecule has 1 heterocycles. The van der Waals surface area contributed by atoms with Crippen molar-refractivity contribution < 1.29 is 22.7 Å². The van der Waals surface area contributed by atoms with Crippen molar-refractivity contribution in [1.82, 2.24) is 4.98 Å². The van der Waals surface area contributed by atoms with Crippen LogP contribution in [0.4, 0.5) is 13.2 Å². The second-order valence-corrected chi connectivity index (χ2v) is 3.26. The summed E-state index contributed by atoms with van der Waals surface area (Å²) < 4.78 is 41.3. The van der Waals surface area contributed by atoms with Crippen molar-refractivity contribution in [3.05, 3.63) is 23.9 Å². The molecular weight excluding hydrogens is 247 g/mol. The minimum atomic E-state index is -4.42. The Bertz CT molecular complexity index is 364. The number of ether oxygens (including phenoxy) is 1. The lowest BCUT2D eigenvalue weighted by Crippen LogP contribution is -2.06. The summed E-state index contributed by atoms with van der Waals surface area (Å²) in [6.45, 7) is -0.0132. The average molecular weight is 254 g/mol. The molecule has 0 saturated carbocycles. The molecule has 16 heavy (non-hydrogen) atoms. The SMILES string of the molecule is O=C(Cl)CCOc1ccc(C(F)(F)F)cn1. The molecule has 0 fully saturated rings. The molecule has 0 radical (unpaired) electrons. The molecule has 1 rings (SSSR count). The third-order valence-corrected chi connectivity index (χ3v) is 1.80. The van der Waals surface area contributed by atoms with Crippen molar-refractivity contribution in [2.45, 2.75) is 12.6 Å². The highest BCUT2D eigenvalue weighted by molar-refractivity contribution is 6.63. The fourth-order valence-corrected chi connectivity index (χ4v) is 0.946. The predicted molar refractivity (Wildman–Crippen MR) is 50.2 cm³/mol. The first-order chi connectivity index (χ1) is 7.39. The van der Waals surface area contributed by atoms with Crippen LogP contribution in [0.3, 0.4) is 0 Å². The molecule has 1 aromatic heterocycles. The lowest BCUT2D eigenvalue weighted by atomic mass is 10.3. The van der Waals surface area contributed by atoms with Gasteiger partial charge in [0.05, 0.1) is 18.6 Å². The second kappa shape index (κ2) is 5.16. The Morgan fingerprint density at radius 2 is 2.12 bits per heavy atom. The van der Waals surface area contributed by atoms with Gasteiger partial charge in [-0.25, -0.2) is 4.98 Å². The van der Waals surface area contributed by atoms with Gasteiger partial charge in [-0.1, -0.05) is 0 Å². The van der Waals surface area contributed by atoms with Gasteiger partial charge < -0.3 is 4.74 Å². The zero-order valence-electron chi connectivity index (χ0n) is 7.92. The van der Waals surface area contributed by atoms with Crippen molar-refractivity contribution in [1.29, 1.82) is 0 Å². The minimum Gasteiger partial charge on any atom is -0.477 e. The van der Waals surface area contributed by atoms with E-state index < -0.39 is 17.0 Å². The Morgan fingerprint density at radius 3 is 2.56 bits per heavy atom. The fraction of sp³-hybridized carbons (Fsp3) is 0.333. The van der Waals surface area contributed by atoms with Crippen LogP contribution in [0.25, 0.3) is 0 Å². The summed E-state index contributed by atoms with van der Waals surface area (Å²) in [4.78, 5) is 13.8. The number of aromatic nitrogens is 1. The number of hydrogen-bond acceptors (Lipinski definition) is 3. The number of halogens is 4. The first kappa shape index (κ1) is 12.8. The van der Waals surface area contributed by atoms with Gasteiger partial charge in [-0.2, -0.15) is 13.2 Å². The molecule has 1 aromatic rings.